The van der Waals surface area contributed by atoms with Crippen LogP contribution in [0.3, 0.4) is 0 Å². The van der Waals surface area contributed by atoms with E-state index in [9.17, 15) is 33.9 Å². The standard InChI is InChI=1S/C47H59N7O8/c1-29(62-47(2,3)4)40(44(58)52-38(26-31-17-9-6-10-18-31)45(59)54-24-14-22-39(54)46(60)61)53-43(57)36(25-30-15-7-5-8-16-30)50-42(56)37(51-41(55)35-21-13-23-48-35)27-32-28-49-34-20-12-11-19-33(32)34/h5-12,15-20,28-29,35-40,48-49H,13-14,21-27H2,1-4H3,(H,50,56)(H,51,55)(H,52,58)(H,53,57)(H,60,61)/t29-,35-,36+,37-,38+,39+,40+/m1/s1. The number of hydrogen-bond acceptors (Lipinski definition) is 8. The monoisotopic (exact) mass is 849 g/mol. The first-order chi connectivity index (χ1) is 29.7. The minimum atomic E-state index is -1.37. The van der Waals surface area contributed by atoms with Crippen molar-refractivity contribution in [2.24, 2.45) is 0 Å². The van der Waals surface area contributed by atoms with Gasteiger partial charge in [0.1, 0.15) is 30.2 Å². The second-order valence-corrected chi connectivity index (χ2v) is 17.2. The summed E-state index contributed by atoms with van der Waals surface area (Å²) in [5.74, 6) is -4.01. The molecule has 0 radical (unpaired) electrons. The number of carboxylic acid groups (broad SMARTS) is 1. The fourth-order valence-electron chi connectivity index (χ4n) is 8.32. The number of fused-ring (bicyclic) bond motifs is 1. The summed E-state index contributed by atoms with van der Waals surface area (Å²) in [7, 11) is 0. The Balaban J connectivity index is 1.28. The molecule has 4 aromatic rings. The van der Waals surface area contributed by atoms with Gasteiger partial charge in [-0.2, -0.15) is 0 Å². The number of likely N-dealkylation sites (tertiary alicyclic amines) is 1. The zero-order valence-corrected chi connectivity index (χ0v) is 35.8. The van der Waals surface area contributed by atoms with Gasteiger partial charge in [0, 0.05) is 42.9 Å². The van der Waals surface area contributed by atoms with Crippen LogP contribution in [0, 0.1) is 0 Å². The molecule has 15 heteroatoms. The van der Waals surface area contributed by atoms with Crippen molar-refractivity contribution in [3.05, 3.63) is 108 Å². The number of H-pyrrole nitrogens is 1. The molecule has 3 heterocycles. The summed E-state index contributed by atoms with van der Waals surface area (Å²) in [6.07, 6.45) is 3.35. The van der Waals surface area contributed by atoms with E-state index in [0.29, 0.717) is 25.8 Å². The SMILES string of the molecule is C[C@@H](OC(C)(C)C)[C@H](NC(=O)[C@H](Cc1ccccc1)NC(=O)[C@@H](Cc1c[nH]c2ccccc12)NC(=O)[C@H]1CCCN1)C(=O)N[C@@H](Cc1ccccc1)C(=O)N1CCC[C@H]1C(=O)O. The van der Waals surface area contributed by atoms with Crippen molar-refractivity contribution in [2.45, 2.75) is 121 Å². The van der Waals surface area contributed by atoms with Crippen LogP contribution < -0.4 is 26.6 Å². The number of nitrogens with one attached hydrogen (secondary N) is 6. The molecule has 62 heavy (non-hydrogen) atoms. The number of rotatable bonds is 18. The molecule has 2 aliphatic rings. The summed E-state index contributed by atoms with van der Waals surface area (Å²) < 4.78 is 6.24. The first-order valence-corrected chi connectivity index (χ1v) is 21.5. The number of aromatic amines is 1. The van der Waals surface area contributed by atoms with Crippen LogP contribution in [0.15, 0.2) is 91.1 Å². The normalized spacial score (nSPS) is 18.9. The van der Waals surface area contributed by atoms with Crippen LogP contribution in [0.1, 0.15) is 70.1 Å². The summed E-state index contributed by atoms with van der Waals surface area (Å²) in [5, 5.41) is 25.5. The summed E-state index contributed by atoms with van der Waals surface area (Å²) in [4.78, 5) is 87.9. The molecule has 7 atom stereocenters. The second kappa shape index (κ2) is 20.7. The summed E-state index contributed by atoms with van der Waals surface area (Å²) in [6, 6.07) is 19.5. The molecule has 0 unspecified atom stereocenters. The van der Waals surface area contributed by atoms with Gasteiger partial charge in [-0.05, 0) is 82.7 Å². The Bertz CT molecular complexity index is 2180. The highest BCUT2D eigenvalue weighted by Gasteiger charge is 2.40. The quantitative estimate of drug-likeness (QED) is 0.0783. The molecule has 0 bridgehead atoms. The predicted molar refractivity (Wildman–Crippen MR) is 234 cm³/mol. The molecule has 0 saturated carbocycles. The van der Waals surface area contributed by atoms with Crippen LogP contribution in [0.2, 0.25) is 0 Å². The van der Waals surface area contributed by atoms with Crippen LogP contribution >= 0.6 is 0 Å². The second-order valence-electron chi connectivity index (χ2n) is 17.2. The number of carbonyl (C=O) groups is 6. The highest BCUT2D eigenvalue weighted by molar-refractivity contribution is 5.97. The maximum atomic E-state index is 14.6. The number of para-hydroxylation sites is 1. The molecule has 0 aliphatic carbocycles. The molecule has 6 rings (SSSR count). The molecule has 7 N–H and O–H groups in total. The third-order valence-electron chi connectivity index (χ3n) is 11.3. The van der Waals surface area contributed by atoms with E-state index in [2.05, 4.69) is 31.6 Å². The number of amides is 5. The van der Waals surface area contributed by atoms with E-state index < -0.39 is 77.6 Å². The van der Waals surface area contributed by atoms with Gasteiger partial charge in [0.2, 0.25) is 29.5 Å². The predicted octanol–water partition coefficient (Wildman–Crippen LogP) is 3.17. The minimum absolute atomic E-state index is 0.0415. The van der Waals surface area contributed by atoms with Gasteiger partial charge < -0.3 is 46.3 Å². The topological polar surface area (TPSA) is 211 Å². The van der Waals surface area contributed by atoms with Crippen molar-refractivity contribution in [1.82, 2.24) is 36.5 Å². The minimum Gasteiger partial charge on any atom is -0.480 e. The summed E-state index contributed by atoms with van der Waals surface area (Å²) >= 11 is 0. The van der Waals surface area contributed by atoms with Gasteiger partial charge in [-0.3, -0.25) is 24.0 Å². The van der Waals surface area contributed by atoms with Crippen molar-refractivity contribution in [2.75, 3.05) is 13.1 Å². The third kappa shape index (κ3) is 12.1. The van der Waals surface area contributed by atoms with Crippen LogP contribution in [-0.4, -0.2) is 112 Å². The van der Waals surface area contributed by atoms with Gasteiger partial charge in [-0.25, -0.2) is 4.79 Å². The van der Waals surface area contributed by atoms with E-state index >= 15 is 0 Å². The van der Waals surface area contributed by atoms with Crippen LogP contribution in [-0.2, 0) is 52.8 Å². The lowest BCUT2D eigenvalue weighted by atomic mass is 10.0. The van der Waals surface area contributed by atoms with Crippen LogP contribution in [0.4, 0.5) is 0 Å². The van der Waals surface area contributed by atoms with E-state index in [1.807, 2.05) is 93.6 Å². The molecule has 2 aliphatic heterocycles. The number of carbonyl (C=O) groups excluding carboxylic acids is 5. The number of carboxylic acids is 1. The van der Waals surface area contributed by atoms with E-state index in [0.717, 1.165) is 34.0 Å². The largest absolute Gasteiger partial charge is 0.480 e. The summed E-state index contributed by atoms with van der Waals surface area (Å²) in [5.41, 5.74) is 2.38. The Labute approximate surface area is 362 Å². The number of ether oxygens (including phenoxy) is 1. The lowest BCUT2D eigenvalue weighted by Crippen LogP contribution is -2.62. The summed E-state index contributed by atoms with van der Waals surface area (Å²) in [6.45, 7) is 7.97. The van der Waals surface area contributed by atoms with Crippen molar-refractivity contribution in [1.29, 1.82) is 0 Å². The molecule has 1 aromatic heterocycles. The zero-order chi connectivity index (χ0) is 44.4. The molecule has 2 fully saturated rings. The van der Waals surface area contributed by atoms with Gasteiger partial charge in [0.05, 0.1) is 17.7 Å². The zero-order valence-electron chi connectivity index (χ0n) is 35.8. The lowest BCUT2D eigenvalue weighted by Gasteiger charge is -2.33. The Morgan fingerprint density at radius 1 is 0.742 bits per heavy atom. The Kier molecular flexibility index (Phi) is 15.2. The molecule has 0 spiro atoms. The van der Waals surface area contributed by atoms with Crippen LogP contribution in [0.25, 0.3) is 10.9 Å². The maximum Gasteiger partial charge on any atom is 0.326 e. The smallest absolute Gasteiger partial charge is 0.326 e. The molecular weight excluding hydrogens is 791 g/mol. The number of benzene rings is 3. The number of aliphatic carboxylic acids is 1. The highest BCUT2D eigenvalue weighted by atomic mass is 16.5. The molecule has 5 amide bonds. The van der Waals surface area contributed by atoms with Crippen molar-refractivity contribution in [3.8, 4) is 0 Å². The first kappa shape index (κ1) is 45.5. The Hall–Kier alpha value is -6.06. The van der Waals surface area contributed by atoms with E-state index in [1.165, 1.54) is 4.90 Å². The van der Waals surface area contributed by atoms with Crippen molar-refractivity contribution < 1.29 is 38.6 Å². The van der Waals surface area contributed by atoms with Crippen molar-refractivity contribution >= 4 is 46.4 Å². The van der Waals surface area contributed by atoms with Gasteiger partial charge in [-0.1, -0.05) is 78.9 Å². The average molecular weight is 850 g/mol. The van der Waals surface area contributed by atoms with Crippen molar-refractivity contribution in [3.63, 3.8) is 0 Å². The molecule has 3 aromatic carbocycles. The Morgan fingerprint density at radius 3 is 1.97 bits per heavy atom. The highest BCUT2D eigenvalue weighted by Crippen LogP contribution is 2.22. The number of nitrogens with zero attached hydrogens (tertiary/aromatic N) is 1. The number of hydrogen-bond donors (Lipinski definition) is 7. The maximum absolute atomic E-state index is 14.6. The fraction of sp³-hybridized carbons (Fsp3) is 0.447. The van der Waals surface area contributed by atoms with E-state index in [1.54, 1.807) is 25.3 Å². The molecule has 2 saturated heterocycles. The van der Waals surface area contributed by atoms with Gasteiger partial charge in [-0.15, -0.1) is 0 Å². The molecule has 330 valence electrons. The number of aromatic nitrogens is 1. The van der Waals surface area contributed by atoms with Gasteiger partial charge in [0.25, 0.3) is 0 Å². The third-order valence-corrected chi connectivity index (χ3v) is 11.3. The first-order valence-electron chi connectivity index (χ1n) is 21.5. The Morgan fingerprint density at radius 2 is 1.34 bits per heavy atom. The average Bonchev–Trinajstić information content (AvgIpc) is 4.04. The van der Waals surface area contributed by atoms with E-state index in [4.69, 9.17) is 4.74 Å². The molecule has 15 nitrogen and oxygen atoms in total. The van der Waals surface area contributed by atoms with Gasteiger partial charge >= 0.3 is 5.97 Å². The lowest BCUT2D eigenvalue weighted by molar-refractivity contribution is -0.150. The van der Waals surface area contributed by atoms with Gasteiger partial charge in [0.15, 0.2) is 0 Å². The van der Waals surface area contributed by atoms with Crippen LogP contribution in [0.5, 0.6) is 0 Å². The van der Waals surface area contributed by atoms with E-state index in [-0.39, 0.29) is 31.7 Å². The molecular formula is C47H59N7O8. The fourth-order valence-corrected chi connectivity index (χ4v) is 8.32.